The van der Waals surface area contributed by atoms with Gasteiger partial charge in [-0.2, -0.15) is 26.9 Å². The molecule has 1 rings (SSSR count). The van der Waals surface area contributed by atoms with Crippen molar-refractivity contribution in [2.75, 3.05) is 0 Å². The van der Waals surface area contributed by atoms with Gasteiger partial charge in [0, 0.05) is 0 Å². The molecule has 8 heteroatoms. The highest BCUT2D eigenvalue weighted by Crippen LogP contribution is 2.34. The van der Waals surface area contributed by atoms with Crippen LogP contribution in [0.3, 0.4) is 0 Å². The van der Waals surface area contributed by atoms with Gasteiger partial charge in [-0.3, -0.25) is 4.18 Å². The molecule has 0 aliphatic heterocycles. The van der Waals surface area contributed by atoms with Crippen molar-refractivity contribution in [3.8, 4) is 6.07 Å². The molecule has 0 spiro atoms. The third-order valence-electron chi connectivity index (χ3n) is 1.82. The van der Waals surface area contributed by atoms with E-state index in [1.54, 1.807) is 6.07 Å². The highest BCUT2D eigenvalue weighted by Gasteiger charge is 2.50. The molecule has 0 N–H and O–H groups in total. The zero-order chi connectivity index (χ0) is 11.0. The third kappa shape index (κ3) is 2.16. The van der Waals surface area contributed by atoms with Gasteiger partial charge in [0.1, 0.15) is 0 Å². The van der Waals surface area contributed by atoms with Gasteiger partial charge >= 0.3 is 15.6 Å². The first-order chi connectivity index (χ1) is 6.26. The highest BCUT2D eigenvalue weighted by atomic mass is 32.2. The zero-order valence-corrected chi connectivity index (χ0v) is 7.60. The molecule has 0 bridgehead atoms. The van der Waals surface area contributed by atoms with E-state index in [0.717, 1.165) is 0 Å². The summed E-state index contributed by atoms with van der Waals surface area (Å²) in [5.74, 6) is -0.400. The molecular formula is C6H6F3NO3S. The summed E-state index contributed by atoms with van der Waals surface area (Å²) in [6.07, 6.45) is -0.941. The summed E-state index contributed by atoms with van der Waals surface area (Å²) < 4.78 is 60.0. The molecule has 0 heterocycles. The van der Waals surface area contributed by atoms with Crippen molar-refractivity contribution in [3.63, 3.8) is 0 Å². The van der Waals surface area contributed by atoms with Crippen LogP contribution in [0.2, 0.25) is 0 Å². The maximum atomic E-state index is 11.8. The van der Waals surface area contributed by atoms with E-state index in [2.05, 4.69) is 4.18 Å². The Hall–Kier alpha value is -0.810. The Morgan fingerprint density at radius 3 is 2.21 bits per heavy atom. The van der Waals surface area contributed by atoms with E-state index < -0.39 is 27.6 Å². The van der Waals surface area contributed by atoms with E-state index in [1.165, 1.54) is 0 Å². The fraction of sp³-hybridized carbons (Fsp3) is 0.833. The lowest BCUT2D eigenvalue weighted by atomic mass is 9.84. The molecule has 80 valence electrons. The number of nitrogens with zero attached hydrogens (tertiary/aromatic N) is 1. The zero-order valence-electron chi connectivity index (χ0n) is 6.78. The molecule has 1 aliphatic rings. The Morgan fingerprint density at radius 1 is 1.36 bits per heavy atom. The van der Waals surface area contributed by atoms with Crippen LogP contribution in [-0.4, -0.2) is 20.0 Å². The summed E-state index contributed by atoms with van der Waals surface area (Å²) in [7, 11) is -5.50. The van der Waals surface area contributed by atoms with E-state index in [0.29, 0.717) is 0 Å². The van der Waals surface area contributed by atoms with Crippen LogP contribution in [0.15, 0.2) is 0 Å². The third-order valence-corrected chi connectivity index (χ3v) is 2.92. The highest BCUT2D eigenvalue weighted by molar-refractivity contribution is 7.87. The van der Waals surface area contributed by atoms with Gasteiger partial charge in [0.2, 0.25) is 0 Å². The molecule has 0 unspecified atom stereocenters. The minimum Gasteiger partial charge on any atom is -0.260 e. The minimum atomic E-state index is -5.50. The Morgan fingerprint density at radius 2 is 1.86 bits per heavy atom. The van der Waals surface area contributed by atoms with E-state index >= 15 is 0 Å². The average Bonchev–Trinajstić information content (AvgIpc) is 1.93. The second-order valence-electron chi connectivity index (χ2n) is 2.92. The quantitative estimate of drug-likeness (QED) is 0.526. The second-order valence-corrected chi connectivity index (χ2v) is 4.48. The van der Waals surface area contributed by atoms with Gasteiger partial charge in [0.05, 0.1) is 18.1 Å². The SMILES string of the molecule is N#CC1CC(OS(=O)(=O)C(F)(F)F)C1. The summed E-state index contributed by atoms with van der Waals surface area (Å²) in [6, 6.07) is 1.80. The molecule has 0 aromatic carbocycles. The largest absolute Gasteiger partial charge is 0.523 e. The number of rotatable bonds is 2. The molecule has 0 aromatic heterocycles. The van der Waals surface area contributed by atoms with Crippen LogP contribution in [0, 0.1) is 17.2 Å². The van der Waals surface area contributed by atoms with Gasteiger partial charge in [0.25, 0.3) is 0 Å². The summed E-state index contributed by atoms with van der Waals surface area (Å²) in [6.45, 7) is 0. The Kier molecular flexibility index (Phi) is 2.74. The van der Waals surface area contributed by atoms with E-state index in [1.807, 2.05) is 0 Å². The number of hydrogen-bond donors (Lipinski definition) is 0. The maximum Gasteiger partial charge on any atom is 0.523 e. The molecule has 1 fully saturated rings. The first kappa shape index (κ1) is 11.3. The standard InChI is InChI=1S/C6H6F3NO3S/c7-6(8,9)14(11,12)13-5-1-4(2-5)3-10/h4-5H,1-2H2. The maximum absolute atomic E-state index is 11.8. The summed E-state index contributed by atoms with van der Waals surface area (Å²) in [5, 5.41) is 8.28. The van der Waals surface area contributed by atoms with E-state index in [-0.39, 0.29) is 12.8 Å². The smallest absolute Gasteiger partial charge is 0.260 e. The number of nitriles is 1. The lowest BCUT2D eigenvalue weighted by molar-refractivity contribution is -0.0618. The summed E-state index contributed by atoms with van der Waals surface area (Å²) in [4.78, 5) is 0. The Bertz CT molecular complexity index is 349. The predicted molar refractivity (Wildman–Crippen MR) is 38.2 cm³/mol. The molecule has 1 saturated carbocycles. The first-order valence-corrected chi connectivity index (χ1v) is 5.06. The van der Waals surface area contributed by atoms with Crippen LogP contribution in [0.5, 0.6) is 0 Å². The van der Waals surface area contributed by atoms with Gasteiger partial charge in [-0.1, -0.05) is 0 Å². The van der Waals surface area contributed by atoms with Crippen LogP contribution < -0.4 is 0 Å². The van der Waals surface area contributed by atoms with Gasteiger partial charge in [-0.25, -0.2) is 0 Å². The molecule has 0 saturated heterocycles. The van der Waals surface area contributed by atoms with Crippen molar-refractivity contribution >= 4 is 10.1 Å². The van der Waals surface area contributed by atoms with Gasteiger partial charge < -0.3 is 0 Å². The van der Waals surface area contributed by atoms with Crippen LogP contribution in [0.25, 0.3) is 0 Å². The number of alkyl halides is 3. The second kappa shape index (κ2) is 3.40. The average molecular weight is 229 g/mol. The number of halogens is 3. The van der Waals surface area contributed by atoms with E-state index in [4.69, 9.17) is 5.26 Å². The summed E-state index contributed by atoms with van der Waals surface area (Å²) in [5.41, 5.74) is -5.38. The van der Waals surface area contributed by atoms with Crippen molar-refractivity contribution in [2.45, 2.75) is 24.5 Å². The lowest BCUT2D eigenvalue weighted by Crippen LogP contribution is -2.37. The van der Waals surface area contributed by atoms with Crippen molar-refractivity contribution in [1.82, 2.24) is 0 Å². The summed E-state index contributed by atoms with van der Waals surface area (Å²) >= 11 is 0. The van der Waals surface area contributed by atoms with Crippen molar-refractivity contribution in [1.29, 1.82) is 5.26 Å². The van der Waals surface area contributed by atoms with Crippen molar-refractivity contribution in [3.05, 3.63) is 0 Å². The molecule has 0 amide bonds. The van der Waals surface area contributed by atoms with Crippen LogP contribution in [0.1, 0.15) is 12.8 Å². The topological polar surface area (TPSA) is 67.2 Å². The van der Waals surface area contributed by atoms with Gasteiger partial charge in [0.15, 0.2) is 0 Å². The number of hydrogen-bond acceptors (Lipinski definition) is 4. The monoisotopic (exact) mass is 229 g/mol. The molecule has 4 nitrogen and oxygen atoms in total. The van der Waals surface area contributed by atoms with Crippen molar-refractivity contribution < 1.29 is 25.8 Å². The van der Waals surface area contributed by atoms with Crippen LogP contribution >= 0.6 is 0 Å². The fourth-order valence-electron chi connectivity index (χ4n) is 0.983. The van der Waals surface area contributed by atoms with Gasteiger partial charge in [-0.05, 0) is 12.8 Å². The lowest BCUT2D eigenvalue weighted by Gasteiger charge is -2.29. The Balaban J connectivity index is 2.52. The predicted octanol–water partition coefficient (Wildman–Crippen LogP) is 1.15. The molecule has 1 aliphatic carbocycles. The molecule has 14 heavy (non-hydrogen) atoms. The normalized spacial score (nSPS) is 27.9. The van der Waals surface area contributed by atoms with Crippen LogP contribution in [0.4, 0.5) is 13.2 Å². The van der Waals surface area contributed by atoms with Crippen molar-refractivity contribution in [2.24, 2.45) is 5.92 Å². The fourth-order valence-corrected chi connectivity index (χ4v) is 1.61. The Labute approximate surface area is 78.4 Å². The molecular weight excluding hydrogens is 223 g/mol. The molecule has 0 aromatic rings. The minimum absolute atomic E-state index is 0.0335. The van der Waals surface area contributed by atoms with Crippen LogP contribution in [-0.2, 0) is 14.3 Å². The first-order valence-electron chi connectivity index (χ1n) is 3.65. The van der Waals surface area contributed by atoms with E-state index in [9.17, 15) is 21.6 Å². The molecule has 0 atom stereocenters. The van der Waals surface area contributed by atoms with Gasteiger partial charge in [-0.15, -0.1) is 0 Å². The molecule has 0 radical (unpaired) electrons.